The van der Waals surface area contributed by atoms with E-state index in [1.54, 1.807) is 4.90 Å². The third-order valence-corrected chi connectivity index (χ3v) is 6.59. The lowest BCUT2D eigenvalue weighted by Crippen LogP contribution is -2.43. The van der Waals surface area contributed by atoms with Gasteiger partial charge in [0.25, 0.3) is 5.91 Å². The zero-order valence-corrected chi connectivity index (χ0v) is 19.1. The Morgan fingerprint density at radius 2 is 1.86 bits per heavy atom. The first-order chi connectivity index (χ1) is 17.0. The van der Waals surface area contributed by atoms with Crippen LogP contribution >= 0.6 is 0 Å². The standard InChI is InChI=1S/C23H21F5N6O2/c1-22(12-35)2-4-32(5-3-22)21(36)16-7-17-14(8-29-16)19(31-34(17)11-23(26,27)28)18-9-30-20-15(25)6-13(24)10-33(18)20/h6-10,35H,2-5,11-12H2,1H3. The predicted molar refractivity (Wildman–Crippen MR) is 118 cm³/mol. The van der Waals surface area contributed by atoms with Crippen LogP contribution in [0.1, 0.15) is 30.3 Å². The van der Waals surface area contributed by atoms with Gasteiger partial charge in [-0.1, -0.05) is 6.92 Å². The van der Waals surface area contributed by atoms with Gasteiger partial charge in [-0.05, 0) is 24.3 Å². The number of likely N-dealkylation sites (tertiary alicyclic amines) is 1. The van der Waals surface area contributed by atoms with Gasteiger partial charge in [0.15, 0.2) is 11.5 Å². The minimum Gasteiger partial charge on any atom is -0.396 e. The fraction of sp³-hybridized carbons (Fsp3) is 0.391. The second-order valence-electron chi connectivity index (χ2n) is 9.31. The maximum absolute atomic E-state index is 14.1. The Morgan fingerprint density at radius 1 is 1.14 bits per heavy atom. The molecule has 36 heavy (non-hydrogen) atoms. The summed E-state index contributed by atoms with van der Waals surface area (Å²) in [5, 5.41) is 13.8. The molecule has 1 saturated heterocycles. The number of amides is 1. The van der Waals surface area contributed by atoms with Crippen molar-refractivity contribution >= 4 is 22.5 Å². The lowest BCUT2D eigenvalue weighted by molar-refractivity contribution is -0.141. The van der Waals surface area contributed by atoms with Crippen LogP contribution in [0, 0.1) is 17.0 Å². The van der Waals surface area contributed by atoms with Gasteiger partial charge in [-0.2, -0.15) is 18.3 Å². The van der Waals surface area contributed by atoms with E-state index in [1.165, 1.54) is 18.5 Å². The highest BCUT2D eigenvalue weighted by Gasteiger charge is 2.33. The van der Waals surface area contributed by atoms with E-state index in [-0.39, 0.29) is 45.7 Å². The normalized spacial score (nSPS) is 16.2. The lowest BCUT2D eigenvalue weighted by atomic mass is 9.81. The summed E-state index contributed by atoms with van der Waals surface area (Å²) in [4.78, 5) is 22.7. The number of alkyl halides is 3. The van der Waals surface area contributed by atoms with Crippen molar-refractivity contribution in [3.8, 4) is 11.4 Å². The molecule has 5 heterocycles. The van der Waals surface area contributed by atoms with Crippen molar-refractivity contribution in [2.24, 2.45) is 5.41 Å². The number of aromatic nitrogens is 5. The second kappa shape index (κ2) is 8.50. The Bertz CT molecular complexity index is 1470. The molecule has 1 aliphatic rings. The molecule has 1 N–H and O–H groups in total. The van der Waals surface area contributed by atoms with Gasteiger partial charge in [0.2, 0.25) is 0 Å². The van der Waals surface area contributed by atoms with Gasteiger partial charge in [-0.15, -0.1) is 0 Å². The van der Waals surface area contributed by atoms with Crippen LogP contribution in [0.15, 0.2) is 30.7 Å². The Kier molecular flexibility index (Phi) is 5.69. The number of halogens is 5. The minimum atomic E-state index is -4.62. The zero-order valence-electron chi connectivity index (χ0n) is 19.1. The van der Waals surface area contributed by atoms with Gasteiger partial charge < -0.3 is 10.0 Å². The van der Waals surface area contributed by atoms with Crippen molar-refractivity contribution in [3.63, 3.8) is 0 Å². The third-order valence-electron chi connectivity index (χ3n) is 6.59. The van der Waals surface area contributed by atoms with E-state index >= 15 is 0 Å². The van der Waals surface area contributed by atoms with Gasteiger partial charge >= 0.3 is 6.18 Å². The quantitative estimate of drug-likeness (QED) is 0.424. The molecule has 0 radical (unpaired) electrons. The van der Waals surface area contributed by atoms with Gasteiger partial charge in [-0.3, -0.25) is 18.9 Å². The van der Waals surface area contributed by atoms with Crippen molar-refractivity contribution in [1.82, 2.24) is 29.0 Å². The summed E-state index contributed by atoms with van der Waals surface area (Å²) in [7, 11) is 0. The summed E-state index contributed by atoms with van der Waals surface area (Å²) < 4.78 is 69.8. The molecule has 4 aromatic heterocycles. The molecule has 190 valence electrons. The van der Waals surface area contributed by atoms with Crippen LogP contribution in [-0.4, -0.2) is 65.9 Å². The number of aliphatic hydroxyl groups excluding tert-OH is 1. The number of imidazole rings is 1. The average molecular weight is 508 g/mol. The van der Waals surface area contributed by atoms with Crippen molar-refractivity contribution in [2.45, 2.75) is 32.5 Å². The maximum Gasteiger partial charge on any atom is 0.408 e. The fourth-order valence-corrected chi connectivity index (χ4v) is 4.43. The monoisotopic (exact) mass is 508 g/mol. The van der Waals surface area contributed by atoms with E-state index in [0.29, 0.717) is 36.7 Å². The highest BCUT2D eigenvalue weighted by Crippen LogP contribution is 2.33. The Labute approximate surface area is 201 Å². The van der Waals surface area contributed by atoms with Gasteiger partial charge in [0.05, 0.1) is 17.4 Å². The molecule has 13 heteroatoms. The van der Waals surface area contributed by atoms with Crippen LogP contribution in [0.2, 0.25) is 0 Å². The van der Waals surface area contributed by atoms with E-state index in [2.05, 4.69) is 15.1 Å². The molecular weight excluding hydrogens is 487 g/mol. The first-order valence-electron chi connectivity index (χ1n) is 11.1. The number of carbonyl (C=O) groups is 1. The molecule has 0 saturated carbocycles. The Hall–Kier alpha value is -3.61. The molecular formula is C23H21F5N6O2. The van der Waals surface area contributed by atoms with E-state index in [1.807, 2.05) is 6.92 Å². The van der Waals surface area contributed by atoms with Crippen LogP contribution in [0.4, 0.5) is 22.0 Å². The molecule has 0 aromatic carbocycles. The molecule has 8 nitrogen and oxygen atoms in total. The number of hydrogen-bond acceptors (Lipinski definition) is 5. The lowest BCUT2D eigenvalue weighted by Gasteiger charge is -2.38. The van der Waals surface area contributed by atoms with E-state index < -0.39 is 30.3 Å². The third kappa shape index (κ3) is 4.27. The number of rotatable bonds is 4. The molecule has 0 bridgehead atoms. The van der Waals surface area contributed by atoms with E-state index in [0.717, 1.165) is 10.6 Å². The smallest absolute Gasteiger partial charge is 0.396 e. The summed E-state index contributed by atoms with van der Waals surface area (Å²) in [6, 6.07) is 1.89. The number of aliphatic hydroxyl groups is 1. The fourth-order valence-electron chi connectivity index (χ4n) is 4.43. The zero-order chi connectivity index (χ0) is 25.8. The first-order valence-corrected chi connectivity index (χ1v) is 11.1. The number of pyridine rings is 2. The number of hydrogen-bond donors (Lipinski definition) is 1. The van der Waals surface area contributed by atoms with Gasteiger partial charge in [0.1, 0.15) is 23.7 Å². The summed E-state index contributed by atoms with van der Waals surface area (Å²) in [5.41, 5.74) is -0.527. The van der Waals surface area contributed by atoms with Crippen molar-refractivity contribution < 1.29 is 31.9 Å². The maximum atomic E-state index is 14.1. The number of nitrogens with zero attached hydrogens (tertiary/aromatic N) is 6. The highest BCUT2D eigenvalue weighted by atomic mass is 19.4. The highest BCUT2D eigenvalue weighted by molar-refractivity contribution is 5.99. The molecule has 1 fully saturated rings. The summed E-state index contributed by atoms with van der Waals surface area (Å²) >= 11 is 0. The minimum absolute atomic E-state index is 0.00425. The molecule has 1 amide bonds. The number of piperidine rings is 1. The predicted octanol–water partition coefficient (Wildman–Crippen LogP) is 3.82. The molecule has 0 atom stereocenters. The van der Waals surface area contributed by atoms with Gasteiger partial charge in [0, 0.05) is 43.5 Å². The van der Waals surface area contributed by atoms with Gasteiger partial charge in [-0.25, -0.2) is 13.8 Å². The van der Waals surface area contributed by atoms with Crippen LogP contribution in [0.3, 0.4) is 0 Å². The topological polar surface area (TPSA) is 88.5 Å². The number of carbonyl (C=O) groups excluding carboxylic acids is 1. The largest absolute Gasteiger partial charge is 0.408 e. The first kappa shape index (κ1) is 24.1. The summed E-state index contributed by atoms with van der Waals surface area (Å²) in [6.45, 7) is 1.23. The summed E-state index contributed by atoms with van der Waals surface area (Å²) in [6.07, 6.45) is -0.0959. The summed E-state index contributed by atoms with van der Waals surface area (Å²) in [5.74, 6) is -2.29. The SMILES string of the molecule is CC1(CO)CCN(C(=O)c2cc3c(cn2)c(-c2cnc4c(F)cc(F)cn24)nn3CC(F)(F)F)CC1. The Morgan fingerprint density at radius 3 is 2.53 bits per heavy atom. The molecule has 0 unspecified atom stereocenters. The second-order valence-corrected chi connectivity index (χ2v) is 9.31. The molecule has 0 spiro atoms. The van der Waals surface area contributed by atoms with E-state index in [9.17, 15) is 31.9 Å². The van der Waals surface area contributed by atoms with E-state index in [4.69, 9.17) is 0 Å². The van der Waals surface area contributed by atoms with Crippen molar-refractivity contribution in [2.75, 3.05) is 19.7 Å². The average Bonchev–Trinajstić information content (AvgIpc) is 3.39. The van der Waals surface area contributed by atoms with Crippen LogP contribution in [0.25, 0.3) is 27.9 Å². The number of fused-ring (bicyclic) bond motifs is 2. The molecule has 4 aromatic rings. The van der Waals surface area contributed by atoms with Crippen LogP contribution in [-0.2, 0) is 6.54 Å². The Balaban J connectivity index is 1.59. The molecule has 0 aliphatic carbocycles. The van der Waals surface area contributed by atoms with Crippen molar-refractivity contribution in [3.05, 3.63) is 48.1 Å². The molecule has 1 aliphatic heterocycles. The van der Waals surface area contributed by atoms with Crippen molar-refractivity contribution in [1.29, 1.82) is 0 Å². The van der Waals surface area contributed by atoms with Crippen LogP contribution < -0.4 is 0 Å². The van der Waals surface area contributed by atoms with Crippen LogP contribution in [0.5, 0.6) is 0 Å². The molecule has 5 rings (SSSR count).